The number of anilines is 2. The number of aliphatic carboxylic acids is 1. The van der Waals surface area contributed by atoms with Gasteiger partial charge in [-0.15, -0.1) is 22.7 Å². The summed E-state index contributed by atoms with van der Waals surface area (Å²) in [5.74, 6) is -0.410. The number of fused-ring (bicyclic) bond motifs is 2. The number of hydrogen-bond donors (Lipinski definition) is 3. The van der Waals surface area contributed by atoms with Crippen molar-refractivity contribution in [2.45, 2.75) is 122 Å². The zero-order chi connectivity index (χ0) is 45.2. The fraction of sp³-hybridized carbons (Fsp3) is 0.438. The summed E-state index contributed by atoms with van der Waals surface area (Å²) in [6, 6.07) is 18.8. The molecule has 64 heavy (non-hydrogen) atoms. The van der Waals surface area contributed by atoms with Gasteiger partial charge in [0, 0.05) is 56.8 Å². The maximum Gasteiger partial charge on any atom is 0.303 e. The molecular formula is C48H58N8O6S2. The van der Waals surface area contributed by atoms with Gasteiger partial charge in [-0.05, 0) is 97.8 Å². The first kappa shape index (κ1) is 46.1. The molecule has 3 N–H and O–H groups in total. The third-order valence-electron chi connectivity index (χ3n) is 12.3. The molecule has 2 aromatic carbocycles. The van der Waals surface area contributed by atoms with Crippen molar-refractivity contribution in [1.29, 1.82) is 0 Å². The molecule has 14 nitrogen and oxygen atoms in total. The highest BCUT2D eigenvalue weighted by Crippen LogP contribution is 2.28. The number of carboxylic acids is 1. The van der Waals surface area contributed by atoms with Crippen molar-refractivity contribution in [3.05, 3.63) is 92.3 Å². The summed E-state index contributed by atoms with van der Waals surface area (Å²) < 4.78 is 3.85. The molecule has 0 saturated heterocycles. The van der Waals surface area contributed by atoms with E-state index in [9.17, 15) is 24.0 Å². The number of hydrogen-bond acceptors (Lipinski definition) is 9. The number of carbonyl (C=O) groups excluding carboxylic acids is 4. The molecule has 6 aromatic rings. The number of benzene rings is 2. The van der Waals surface area contributed by atoms with Crippen LogP contribution < -0.4 is 10.6 Å². The van der Waals surface area contributed by atoms with Crippen LogP contribution in [0.2, 0.25) is 0 Å². The maximum absolute atomic E-state index is 13.1. The molecule has 16 heteroatoms. The van der Waals surface area contributed by atoms with Crippen LogP contribution >= 0.6 is 22.7 Å². The van der Waals surface area contributed by atoms with Gasteiger partial charge in [0.1, 0.15) is 0 Å². The fourth-order valence-electron chi connectivity index (χ4n) is 8.69. The Bertz CT molecular complexity index is 2550. The number of rotatable bonds is 15. The minimum atomic E-state index is -0.873. The fourth-order valence-corrected chi connectivity index (χ4v) is 9.93. The SMILES string of the molecule is CCCCn1c(NC(=O)c2cccs2)nc2cc(C(=O)N(C)C3CCCCC3)ccc21.CN(C(=O)c1ccc2c(c1)nc(NC(=O)c1cccs1)n2CCCC(=O)O)C1CCCCC1. The van der Waals surface area contributed by atoms with E-state index in [4.69, 9.17) is 10.1 Å². The second-order valence-electron chi connectivity index (χ2n) is 16.7. The average Bonchev–Trinajstić information content (AvgIpc) is 4.16. The van der Waals surface area contributed by atoms with Gasteiger partial charge in [-0.2, -0.15) is 0 Å². The van der Waals surface area contributed by atoms with Crippen molar-refractivity contribution in [1.82, 2.24) is 28.9 Å². The van der Waals surface area contributed by atoms with E-state index in [1.807, 2.05) is 74.1 Å². The van der Waals surface area contributed by atoms with Gasteiger partial charge >= 0.3 is 5.97 Å². The van der Waals surface area contributed by atoms with Crippen LogP contribution in [0.5, 0.6) is 0 Å². The van der Waals surface area contributed by atoms with Crippen molar-refractivity contribution >= 4 is 86.2 Å². The van der Waals surface area contributed by atoms with E-state index in [0.29, 0.717) is 57.3 Å². The number of thiophene rings is 2. The quantitative estimate of drug-likeness (QED) is 0.0914. The molecule has 4 heterocycles. The van der Waals surface area contributed by atoms with E-state index in [0.717, 1.165) is 74.5 Å². The highest BCUT2D eigenvalue weighted by atomic mass is 32.1. The van der Waals surface area contributed by atoms with E-state index in [1.165, 1.54) is 48.4 Å². The number of aryl methyl sites for hydroxylation is 2. The Morgan fingerprint density at radius 1 is 0.656 bits per heavy atom. The van der Waals surface area contributed by atoms with Crippen LogP contribution in [-0.4, -0.2) is 89.8 Å². The lowest BCUT2D eigenvalue weighted by molar-refractivity contribution is -0.137. The topological polar surface area (TPSA) is 172 Å². The summed E-state index contributed by atoms with van der Waals surface area (Å²) in [6.07, 6.45) is 13.8. The van der Waals surface area contributed by atoms with Gasteiger partial charge in [0.25, 0.3) is 23.6 Å². The highest BCUT2D eigenvalue weighted by molar-refractivity contribution is 7.12. The van der Waals surface area contributed by atoms with Gasteiger partial charge < -0.3 is 24.0 Å². The second-order valence-corrected chi connectivity index (χ2v) is 18.6. The van der Waals surface area contributed by atoms with Gasteiger partial charge in [0.2, 0.25) is 11.9 Å². The van der Waals surface area contributed by atoms with Crippen molar-refractivity contribution in [3.63, 3.8) is 0 Å². The second kappa shape index (κ2) is 21.7. The summed E-state index contributed by atoms with van der Waals surface area (Å²) in [6.45, 7) is 3.29. The van der Waals surface area contributed by atoms with Gasteiger partial charge in [-0.1, -0.05) is 64.0 Å². The zero-order valence-corrected chi connectivity index (χ0v) is 38.5. The third kappa shape index (κ3) is 11.1. The van der Waals surface area contributed by atoms with Crippen LogP contribution in [0.15, 0.2) is 71.4 Å². The molecule has 0 spiro atoms. The van der Waals surface area contributed by atoms with Gasteiger partial charge in [-0.3, -0.25) is 34.6 Å². The van der Waals surface area contributed by atoms with Crippen molar-refractivity contribution in [2.75, 3.05) is 24.7 Å². The molecule has 2 saturated carbocycles. The van der Waals surface area contributed by atoms with Crippen LogP contribution in [0.1, 0.15) is 137 Å². The maximum atomic E-state index is 13.1. The number of aromatic nitrogens is 4. The summed E-state index contributed by atoms with van der Waals surface area (Å²) in [5.41, 5.74) is 4.22. The lowest BCUT2D eigenvalue weighted by atomic mass is 9.94. The van der Waals surface area contributed by atoms with E-state index in [2.05, 4.69) is 22.5 Å². The molecule has 2 fully saturated rings. The van der Waals surface area contributed by atoms with E-state index in [-0.39, 0.29) is 36.1 Å². The molecule has 0 bridgehead atoms. The van der Waals surface area contributed by atoms with E-state index < -0.39 is 5.97 Å². The van der Waals surface area contributed by atoms with Crippen molar-refractivity contribution in [2.24, 2.45) is 0 Å². The predicted octanol–water partition coefficient (Wildman–Crippen LogP) is 10.2. The Morgan fingerprint density at radius 3 is 1.48 bits per heavy atom. The molecule has 338 valence electrons. The van der Waals surface area contributed by atoms with Crippen LogP contribution in [0.25, 0.3) is 22.1 Å². The molecule has 8 rings (SSSR count). The largest absolute Gasteiger partial charge is 0.481 e. The average molecular weight is 907 g/mol. The van der Waals surface area contributed by atoms with Crippen LogP contribution in [0.4, 0.5) is 11.9 Å². The summed E-state index contributed by atoms with van der Waals surface area (Å²) in [5, 5.41) is 18.5. The molecule has 0 atom stereocenters. The molecular weight excluding hydrogens is 849 g/mol. The number of carboxylic acid groups (broad SMARTS) is 1. The zero-order valence-electron chi connectivity index (χ0n) is 36.9. The Kier molecular flexibility index (Phi) is 15.6. The lowest BCUT2D eigenvalue weighted by Crippen LogP contribution is -2.38. The highest BCUT2D eigenvalue weighted by Gasteiger charge is 2.26. The minimum absolute atomic E-state index is 0.0146. The van der Waals surface area contributed by atoms with Crippen LogP contribution in [-0.2, 0) is 17.9 Å². The number of carbonyl (C=O) groups is 5. The number of imidazole rings is 2. The van der Waals surface area contributed by atoms with E-state index in [1.54, 1.807) is 30.3 Å². The summed E-state index contributed by atoms with van der Waals surface area (Å²) in [7, 11) is 3.77. The number of nitrogens with zero attached hydrogens (tertiary/aromatic N) is 6. The third-order valence-corrected chi connectivity index (χ3v) is 14.1. The molecule has 0 unspecified atom stereocenters. The molecule has 0 aliphatic heterocycles. The molecule has 4 aromatic heterocycles. The molecule has 2 aliphatic carbocycles. The van der Waals surface area contributed by atoms with Crippen molar-refractivity contribution < 1.29 is 29.1 Å². The molecule has 2 aliphatic rings. The monoisotopic (exact) mass is 906 g/mol. The Labute approximate surface area is 381 Å². The molecule has 4 amide bonds. The van der Waals surface area contributed by atoms with Crippen LogP contribution in [0.3, 0.4) is 0 Å². The predicted molar refractivity (Wildman–Crippen MR) is 254 cm³/mol. The summed E-state index contributed by atoms with van der Waals surface area (Å²) in [4.78, 5) is 76.7. The summed E-state index contributed by atoms with van der Waals surface area (Å²) >= 11 is 2.74. The number of unbranched alkanes of at least 4 members (excludes halogenated alkanes) is 1. The smallest absolute Gasteiger partial charge is 0.303 e. The Morgan fingerprint density at radius 2 is 1.09 bits per heavy atom. The standard InChI is InChI=1S/C24H28N4O4S.C24H30N4O2S/c1-27(17-7-3-2-4-8-17)23(32)16-11-12-19-18(15-16)25-24(28(19)13-5-10-21(29)30)26-22(31)20-9-6-14-33-20;1-3-4-14-28-20-13-12-17(23(30)27(2)18-9-6-5-7-10-18)16-19(20)25-24(28)26-22(29)21-11-8-15-31-21/h6,9,11-12,14-15,17H,2-5,7-8,10,13H2,1H3,(H,29,30)(H,25,26,31);8,11-13,15-16,18H,3-7,9-10,14H2,1-2H3,(H,25,26,29). The first-order chi connectivity index (χ1) is 31.0. The molecule has 0 radical (unpaired) electrons. The van der Waals surface area contributed by atoms with Crippen LogP contribution in [0, 0.1) is 0 Å². The Hall–Kier alpha value is -5.87. The first-order valence-electron chi connectivity index (χ1n) is 22.5. The van der Waals surface area contributed by atoms with E-state index >= 15 is 0 Å². The Balaban J connectivity index is 0.000000192. The van der Waals surface area contributed by atoms with Gasteiger partial charge in [0.15, 0.2) is 0 Å². The van der Waals surface area contributed by atoms with Crippen molar-refractivity contribution in [3.8, 4) is 0 Å². The first-order valence-corrected chi connectivity index (χ1v) is 24.2. The van der Waals surface area contributed by atoms with Gasteiger partial charge in [-0.25, -0.2) is 9.97 Å². The minimum Gasteiger partial charge on any atom is -0.481 e. The number of amides is 4. The normalized spacial score (nSPS) is 14.5. The lowest BCUT2D eigenvalue weighted by Gasteiger charge is -2.31. The number of nitrogens with one attached hydrogen (secondary N) is 2. The van der Waals surface area contributed by atoms with Gasteiger partial charge in [0.05, 0.1) is 31.8 Å².